The summed E-state index contributed by atoms with van der Waals surface area (Å²) in [6, 6.07) is -2.07. The first-order chi connectivity index (χ1) is 32.4. The standard InChI is InChI=1S/C51H79N5O12/c1-30-14-10-9-11-15-31(2)39(54-44-29-53-68-55-44)28-38-20-17-35(6)51(63,67-38)48(60)49(61)56-23-13-12-16-40(56)50(62)66-42(32(3)25-36-18-21-41(57)43(27-36)64-7)22-19-37(52)26-34(5)46(59)47(65-8)45(58)33(4)24-30/h9-11,14-15,26,29-30,32-33,35-43,46-47,57,59,63H,12-13,16-25,27-28,52H2,1-8H3,(H,54,55)/b11-9+,14-10+,31-15+,34-26+/t30-,32-,33-,35?,36?,37+,38?,39+,40?,41-,42+,43-,46-,47+,51-/m1/s1. The summed E-state index contributed by atoms with van der Waals surface area (Å²) in [5, 5.41) is 45.0. The lowest BCUT2D eigenvalue weighted by atomic mass is 9.78. The Morgan fingerprint density at radius 2 is 1.69 bits per heavy atom. The Balaban J connectivity index is 1.46. The summed E-state index contributed by atoms with van der Waals surface area (Å²) in [4.78, 5) is 58.1. The van der Waals surface area contributed by atoms with Crippen LogP contribution in [0.1, 0.15) is 125 Å². The minimum Gasteiger partial charge on any atom is -0.461 e. The molecular formula is C51H79N5O12. The maximum absolute atomic E-state index is 14.4. The molecule has 17 heteroatoms. The van der Waals surface area contributed by atoms with E-state index in [9.17, 15) is 34.5 Å². The number of anilines is 1. The van der Waals surface area contributed by atoms with E-state index in [0.29, 0.717) is 82.0 Å². The highest BCUT2D eigenvalue weighted by Crippen LogP contribution is 2.38. The molecule has 380 valence electrons. The number of ketones is 2. The third-order valence-electron chi connectivity index (χ3n) is 14.8. The molecule has 1 amide bonds. The fourth-order valence-electron chi connectivity index (χ4n) is 10.5. The summed E-state index contributed by atoms with van der Waals surface area (Å²) in [6.07, 6.45) is 14.8. The Kier molecular flexibility index (Phi) is 20.7. The minimum absolute atomic E-state index is 0.0176. The normalized spacial score (nSPS) is 39.1. The van der Waals surface area contributed by atoms with Crippen molar-refractivity contribution in [2.45, 2.75) is 186 Å². The molecule has 1 saturated carbocycles. The molecule has 3 fully saturated rings. The van der Waals surface area contributed by atoms with Gasteiger partial charge < -0.3 is 50.2 Å². The number of ether oxygens (including phenoxy) is 4. The van der Waals surface area contributed by atoms with Gasteiger partial charge in [-0.2, -0.15) is 0 Å². The van der Waals surface area contributed by atoms with Crippen molar-refractivity contribution in [3.05, 3.63) is 53.8 Å². The number of rotatable bonds is 7. The van der Waals surface area contributed by atoms with Gasteiger partial charge in [-0.25, -0.2) is 9.42 Å². The van der Waals surface area contributed by atoms with E-state index in [1.54, 1.807) is 27.0 Å². The van der Waals surface area contributed by atoms with Crippen molar-refractivity contribution in [3.63, 3.8) is 0 Å². The van der Waals surface area contributed by atoms with Gasteiger partial charge in [0.15, 0.2) is 11.6 Å². The molecule has 4 heterocycles. The number of cyclic esters (lactones) is 1. The summed E-state index contributed by atoms with van der Waals surface area (Å²) in [5.41, 5.74) is 8.03. The number of carbonyl (C=O) groups is 4. The zero-order valence-corrected chi connectivity index (χ0v) is 41.5. The smallest absolute Gasteiger partial charge is 0.329 e. The van der Waals surface area contributed by atoms with Gasteiger partial charge in [0.05, 0.1) is 24.4 Å². The van der Waals surface area contributed by atoms with E-state index in [1.165, 1.54) is 18.2 Å². The Morgan fingerprint density at radius 3 is 2.40 bits per heavy atom. The first kappa shape index (κ1) is 54.8. The number of nitrogens with zero attached hydrogens (tertiary/aromatic N) is 3. The van der Waals surface area contributed by atoms with Crippen LogP contribution in [0.4, 0.5) is 5.82 Å². The van der Waals surface area contributed by atoms with Crippen LogP contribution >= 0.6 is 0 Å². The van der Waals surface area contributed by atoms with Crippen LogP contribution in [-0.4, -0.2) is 135 Å². The molecule has 2 bridgehead atoms. The summed E-state index contributed by atoms with van der Waals surface area (Å²) in [5.74, 6) is -6.17. The van der Waals surface area contributed by atoms with Crippen LogP contribution in [0.15, 0.2) is 58.4 Å². The lowest BCUT2D eigenvalue weighted by Gasteiger charge is -2.43. The largest absolute Gasteiger partial charge is 0.461 e. The first-order valence-corrected chi connectivity index (χ1v) is 24.8. The molecule has 2 saturated heterocycles. The van der Waals surface area contributed by atoms with Gasteiger partial charge in [-0.1, -0.05) is 74.9 Å². The molecule has 17 nitrogen and oxygen atoms in total. The van der Waals surface area contributed by atoms with E-state index in [-0.39, 0.29) is 42.6 Å². The fourth-order valence-corrected chi connectivity index (χ4v) is 10.5. The highest BCUT2D eigenvalue weighted by atomic mass is 16.6. The topological polar surface area (TPSA) is 246 Å². The molecule has 6 N–H and O–H groups in total. The van der Waals surface area contributed by atoms with Crippen LogP contribution in [0.25, 0.3) is 0 Å². The van der Waals surface area contributed by atoms with E-state index in [0.717, 1.165) is 12.0 Å². The number of carbonyl (C=O) groups excluding carboxylic acids is 4. The number of esters is 1. The Hall–Kier alpha value is -4.10. The Morgan fingerprint density at radius 1 is 0.926 bits per heavy atom. The van der Waals surface area contributed by atoms with Gasteiger partial charge in [0.2, 0.25) is 5.79 Å². The number of methoxy groups -OCH3 is 2. The lowest BCUT2D eigenvalue weighted by molar-refractivity contribution is -0.263. The fraction of sp³-hybridized carbons (Fsp3) is 0.725. The molecule has 1 aromatic rings. The van der Waals surface area contributed by atoms with E-state index in [4.69, 9.17) is 29.3 Å². The molecule has 0 aromatic carbocycles. The van der Waals surface area contributed by atoms with Crippen LogP contribution in [0.3, 0.4) is 0 Å². The molecule has 0 radical (unpaired) electrons. The number of aromatic nitrogens is 2. The number of aliphatic hydroxyl groups excluding tert-OH is 2. The molecule has 68 heavy (non-hydrogen) atoms. The van der Waals surface area contributed by atoms with Gasteiger partial charge >= 0.3 is 5.97 Å². The van der Waals surface area contributed by atoms with Crippen molar-refractivity contribution in [2.24, 2.45) is 35.3 Å². The van der Waals surface area contributed by atoms with Gasteiger partial charge in [-0.15, -0.1) is 0 Å². The number of allylic oxidation sites excluding steroid dienone is 5. The molecule has 15 atom stereocenters. The van der Waals surface area contributed by atoms with Crippen molar-refractivity contribution in [2.75, 3.05) is 26.1 Å². The summed E-state index contributed by atoms with van der Waals surface area (Å²) < 4.78 is 28.7. The van der Waals surface area contributed by atoms with Gasteiger partial charge in [-0.05, 0) is 126 Å². The molecule has 3 aliphatic heterocycles. The number of nitrogens with two attached hydrogens (primary N) is 1. The second-order valence-electron chi connectivity index (χ2n) is 20.1. The molecule has 1 aliphatic carbocycles. The quantitative estimate of drug-likeness (QED) is 0.128. The molecule has 4 aliphatic rings. The predicted molar refractivity (Wildman–Crippen MR) is 254 cm³/mol. The summed E-state index contributed by atoms with van der Waals surface area (Å²) in [6.45, 7) is 11.3. The lowest BCUT2D eigenvalue weighted by Crippen LogP contribution is -2.61. The molecule has 0 spiro atoms. The van der Waals surface area contributed by atoms with Crippen molar-refractivity contribution in [3.8, 4) is 0 Å². The van der Waals surface area contributed by atoms with Crippen molar-refractivity contribution in [1.29, 1.82) is 0 Å². The maximum atomic E-state index is 14.4. The number of hydrogen-bond donors (Lipinski definition) is 5. The van der Waals surface area contributed by atoms with Crippen LogP contribution < -0.4 is 11.1 Å². The third-order valence-corrected chi connectivity index (χ3v) is 14.8. The number of amides is 1. The number of aliphatic hydroxyl groups is 3. The van der Waals surface area contributed by atoms with Gasteiger partial charge in [0.1, 0.15) is 30.6 Å². The van der Waals surface area contributed by atoms with Crippen molar-refractivity contribution < 1.29 is 58.1 Å². The number of fused-ring (bicyclic) bond motifs is 3. The minimum atomic E-state index is -2.45. The number of hydrogen-bond acceptors (Lipinski definition) is 16. The molecule has 4 unspecified atom stereocenters. The highest BCUT2D eigenvalue weighted by molar-refractivity contribution is 6.39. The average Bonchev–Trinajstić information content (AvgIpc) is 3.84. The summed E-state index contributed by atoms with van der Waals surface area (Å²) in [7, 11) is 3.00. The Bertz CT molecular complexity index is 1940. The van der Waals surface area contributed by atoms with Crippen molar-refractivity contribution >= 4 is 29.3 Å². The first-order valence-electron chi connectivity index (χ1n) is 24.8. The molecular weight excluding hydrogens is 875 g/mol. The van der Waals surface area contributed by atoms with E-state index in [2.05, 4.69) is 15.6 Å². The second-order valence-corrected chi connectivity index (χ2v) is 20.1. The monoisotopic (exact) mass is 954 g/mol. The maximum Gasteiger partial charge on any atom is 0.329 e. The molecule has 5 rings (SSSR count). The zero-order chi connectivity index (χ0) is 49.7. The van der Waals surface area contributed by atoms with Crippen molar-refractivity contribution in [1.82, 2.24) is 15.2 Å². The van der Waals surface area contributed by atoms with Crippen LogP contribution in [0, 0.1) is 29.6 Å². The molecule has 1 aromatic heterocycles. The average molecular weight is 954 g/mol. The van der Waals surface area contributed by atoms with Gasteiger partial charge in [0, 0.05) is 38.6 Å². The highest BCUT2D eigenvalue weighted by Gasteiger charge is 2.53. The van der Waals surface area contributed by atoms with E-state index >= 15 is 0 Å². The van der Waals surface area contributed by atoms with E-state index in [1.807, 2.05) is 58.1 Å². The van der Waals surface area contributed by atoms with E-state index < -0.39 is 83.9 Å². The SMILES string of the molecule is CO[C@@H]1CC(C[C@@H](C)[C@@H]2CC[C@H](N)/C=C(\C)[C@@H](O)[C@@H](OC)C(=O)[C@H](C)C[C@H](C)/C=C/C=C/C=C(\C)[C@@H](Nc3cnon3)CC3CCC(C)[C@@](O)(O3)C(=O)C(=O)N3CCCCC3C(=O)O2)CC[C@H]1O. The summed E-state index contributed by atoms with van der Waals surface area (Å²) >= 11 is 0. The zero-order valence-electron chi connectivity index (χ0n) is 41.5. The number of nitrogens with one attached hydrogen (secondary N) is 1. The number of Topliss-reactive ketones (excluding diaryl/α,β-unsaturated/α-hetero) is 2. The van der Waals surface area contributed by atoms with Crippen LogP contribution in [0.2, 0.25) is 0 Å². The van der Waals surface area contributed by atoms with Crippen LogP contribution in [0.5, 0.6) is 0 Å². The number of piperidine rings is 1. The Labute approximate surface area is 402 Å². The van der Waals surface area contributed by atoms with Gasteiger partial charge in [0.25, 0.3) is 11.7 Å². The van der Waals surface area contributed by atoms with Crippen LogP contribution in [-0.2, 0) is 38.1 Å². The third kappa shape index (κ3) is 14.5. The predicted octanol–water partition coefficient (Wildman–Crippen LogP) is 5.54. The second kappa shape index (κ2) is 25.7. The van der Waals surface area contributed by atoms with Gasteiger partial charge in [-0.3, -0.25) is 14.4 Å².